The Labute approximate surface area is 131 Å². The van der Waals surface area contributed by atoms with E-state index in [2.05, 4.69) is 25.9 Å². The molecule has 3 rings (SSSR count). The highest BCUT2D eigenvalue weighted by Crippen LogP contribution is 2.34. The molecule has 110 valence electrons. The summed E-state index contributed by atoms with van der Waals surface area (Å²) in [4.78, 5) is 19.5. The van der Waals surface area contributed by atoms with Gasteiger partial charge in [-0.3, -0.25) is 4.79 Å². The van der Waals surface area contributed by atoms with Gasteiger partial charge in [-0.15, -0.1) is 0 Å². The Kier molecular flexibility index (Phi) is 4.10. The summed E-state index contributed by atoms with van der Waals surface area (Å²) in [6.45, 7) is 0. The molecule has 0 unspecified atom stereocenters. The molecule has 0 amide bonds. The van der Waals surface area contributed by atoms with Gasteiger partial charge in [-0.1, -0.05) is 53.4 Å². The molecule has 0 bridgehead atoms. The van der Waals surface area contributed by atoms with Crippen molar-refractivity contribution in [3.63, 3.8) is 0 Å². The lowest BCUT2D eigenvalue weighted by atomic mass is 9.88. The predicted molar refractivity (Wildman–Crippen MR) is 85.5 cm³/mol. The van der Waals surface area contributed by atoms with Crippen molar-refractivity contribution in [2.75, 3.05) is 0 Å². The van der Waals surface area contributed by atoms with Gasteiger partial charge in [0, 0.05) is 16.0 Å². The number of nitrogens with one attached hydrogen (secondary N) is 1. The molecule has 1 aromatic carbocycles. The molecule has 1 aliphatic rings. The summed E-state index contributed by atoms with van der Waals surface area (Å²) >= 11 is 3.40. The summed E-state index contributed by atoms with van der Waals surface area (Å²) in [7, 11) is 0. The average molecular weight is 349 g/mol. The van der Waals surface area contributed by atoms with Gasteiger partial charge in [-0.05, 0) is 18.9 Å². The molecule has 0 atom stereocenters. The Morgan fingerprint density at radius 3 is 2.57 bits per heavy atom. The fourth-order valence-electron chi connectivity index (χ4n) is 2.95. The van der Waals surface area contributed by atoms with E-state index in [-0.39, 0.29) is 22.9 Å². The Hall–Kier alpha value is -1.62. The molecule has 0 saturated heterocycles. The molecular formula is C16H17BrN2O2. The van der Waals surface area contributed by atoms with Crippen LogP contribution in [0.3, 0.4) is 0 Å². The van der Waals surface area contributed by atoms with Gasteiger partial charge in [0.15, 0.2) is 0 Å². The number of halogens is 1. The Morgan fingerprint density at radius 1 is 1.19 bits per heavy atom. The molecule has 1 saturated carbocycles. The van der Waals surface area contributed by atoms with Gasteiger partial charge in [0.25, 0.3) is 5.56 Å². The third-order valence-electron chi connectivity index (χ3n) is 4.05. The number of benzene rings is 1. The first-order chi connectivity index (χ1) is 10.2. The van der Waals surface area contributed by atoms with Gasteiger partial charge in [0.2, 0.25) is 5.88 Å². The minimum Gasteiger partial charge on any atom is -0.493 e. The van der Waals surface area contributed by atoms with E-state index in [1.807, 2.05) is 18.2 Å². The lowest BCUT2D eigenvalue weighted by Crippen LogP contribution is -2.18. The molecule has 1 fully saturated rings. The van der Waals surface area contributed by atoms with Gasteiger partial charge in [-0.2, -0.15) is 4.98 Å². The quantitative estimate of drug-likeness (QED) is 0.863. The third-order valence-corrected chi connectivity index (χ3v) is 4.75. The predicted octanol–water partition coefficient (Wildman–Crippen LogP) is 3.95. The zero-order valence-electron chi connectivity index (χ0n) is 11.6. The van der Waals surface area contributed by atoms with Crippen molar-refractivity contribution in [3.05, 3.63) is 44.9 Å². The molecule has 1 aromatic heterocycles. The number of nitrogens with zero attached hydrogens (tertiary/aromatic N) is 1. The molecule has 0 spiro atoms. The Bertz CT molecular complexity index is 706. The molecular weight excluding hydrogens is 332 g/mol. The molecule has 1 heterocycles. The molecule has 2 aromatic rings. The average Bonchev–Trinajstić information content (AvgIpc) is 2.49. The molecule has 2 N–H and O–H groups in total. The van der Waals surface area contributed by atoms with Crippen molar-refractivity contribution >= 4 is 15.9 Å². The molecule has 5 heteroatoms. The normalized spacial score (nSPS) is 16.0. The number of aromatic nitrogens is 2. The van der Waals surface area contributed by atoms with Crippen molar-refractivity contribution in [1.29, 1.82) is 0 Å². The monoisotopic (exact) mass is 348 g/mol. The number of hydrogen-bond acceptors (Lipinski definition) is 3. The van der Waals surface area contributed by atoms with Crippen molar-refractivity contribution in [2.45, 2.75) is 38.0 Å². The van der Waals surface area contributed by atoms with Crippen molar-refractivity contribution in [3.8, 4) is 17.0 Å². The maximum absolute atomic E-state index is 12.4. The zero-order valence-corrected chi connectivity index (χ0v) is 13.2. The van der Waals surface area contributed by atoms with Crippen LogP contribution in [0.5, 0.6) is 5.88 Å². The van der Waals surface area contributed by atoms with Crippen LogP contribution in [0.1, 0.15) is 43.8 Å². The second-order valence-corrected chi connectivity index (χ2v) is 6.32. The van der Waals surface area contributed by atoms with Crippen LogP contribution in [-0.2, 0) is 0 Å². The van der Waals surface area contributed by atoms with Crippen LogP contribution in [0.25, 0.3) is 11.1 Å². The van der Waals surface area contributed by atoms with Crippen LogP contribution < -0.4 is 5.56 Å². The van der Waals surface area contributed by atoms with E-state index in [4.69, 9.17) is 0 Å². The van der Waals surface area contributed by atoms with E-state index < -0.39 is 0 Å². The summed E-state index contributed by atoms with van der Waals surface area (Å²) in [5.74, 6) is 0.685. The first-order valence-corrected chi connectivity index (χ1v) is 8.04. The number of rotatable bonds is 2. The third kappa shape index (κ3) is 2.88. The van der Waals surface area contributed by atoms with Crippen molar-refractivity contribution in [1.82, 2.24) is 9.97 Å². The highest BCUT2D eigenvalue weighted by atomic mass is 79.9. The maximum atomic E-state index is 12.4. The molecule has 1 aliphatic carbocycles. The van der Waals surface area contributed by atoms with Crippen LogP contribution in [0.4, 0.5) is 0 Å². The van der Waals surface area contributed by atoms with Crippen LogP contribution in [0, 0.1) is 0 Å². The largest absolute Gasteiger partial charge is 0.493 e. The minimum atomic E-state index is -0.282. The Morgan fingerprint density at radius 2 is 1.90 bits per heavy atom. The highest BCUT2D eigenvalue weighted by molar-refractivity contribution is 9.10. The summed E-state index contributed by atoms with van der Waals surface area (Å²) < 4.78 is 0.762. The number of H-pyrrole nitrogens is 1. The fraction of sp³-hybridized carbons (Fsp3) is 0.375. The second-order valence-electron chi connectivity index (χ2n) is 5.46. The van der Waals surface area contributed by atoms with E-state index in [0.29, 0.717) is 11.4 Å². The van der Waals surface area contributed by atoms with E-state index in [1.54, 1.807) is 6.07 Å². The SMILES string of the molecule is O=c1[nH]c(C2CCCCC2)nc(O)c1-c1ccccc1Br. The standard InChI is InChI=1S/C16H17BrN2O2/c17-12-9-5-4-8-11(12)13-15(20)18-14(19-16(13)21)10-6-2-1-3-7-10/h4-5,8-10H,1-3,6-7H2,(H2,18,19,20,21). The molecule has 21 heavy (non-hydrogen) atoms. The summed E-state index contributed by atoms with van der Waals surface area (Å²) in [6, 6.07) is 7.32. The fourth-order valence-corrected chi connectivity index (χ4v) is 3.44. The summed E-state index contributed by atoms with van der Waals surface area (Å²) in [5, 5.41) is 10.2. The number of aromatic amines is 1. The Balaban J connectivity index is 2.05. The topological polar surface area (TPSA) is 66.0 Å². The lowest BCUT2D eigenvalue weighted by Gasteiger charge is -2.21. The van der Waals surface area contributed by atoms with Crippen LogP contribution in [0.2, 0.25) is 0 Å². The van der Waals surface area contributed by atoms with Gasteiger partial charge >= 0.3 is 0 Å². The lowest BCUT2D eigenvalue weighted by molar-refractivity contribution is 0.410. The van der Waals surface area contributed by atoms with Crippen molar-refractivity contribution in [2.24, 2.45) is 0 Å². The van der Waals surface area contributed by atoms with Gasteiger partial charge in [0.1, 0.15) is 11.4 Å². The van der Waals surface area contributed by atoms with E-state index >= 15 is 0 Å². The van der Waals surface area contributed by atoms with Gasteiger partial charge < -0.3 is 10.1 Å². The van der Waals surface area contributed by atoms with Crippen LogP contribution >= 0.6 is 15.9 Å². The van der Waals surface area contributed by atoms with Gasteiger partial charge in [0.05, 0.1) is 0 Å². The van der Waals surface area contributed by atoms with Crippen LogP contribution in [-0.4, -0.2) is 15.1 Å². The van der Waals surface area contributed by atoms with Gasteiger partial charge in [-0.25, -0.2) is 0 Å². The molecule has 0 radical (unpaired) electrons. The van der Waals surface area contributed by atoms with Crippen LogP contribution in [0.15, 0.2) is 33.5 Å². The zero-order chi connectivity index (χ0) is 14.8. The number of hydrogen-bond donors (Lipinski definition) is 2. The second kappa shape index (κ2) is 6.02. The smallest absolute Gasteiger partial charge is 0.262 e. The minimum absolute atomic E-state index is 0.189. The van der Waals surface area contributed by atoms with E-state index in [0.717, 1.165) is 30.2 Å². The van der Waals surface area contributed by atoms with E-state index in [1.165, 1.54) is 6.42 Å². The maximum Gasteiger partial charge on any atom is 0.262 e. The molecule has 4 nitrogen and oxygen atoms in total. The molecule has 0 aliphatic heterocycles. The summed E-state index contributed by atoms with van der Waals surface area (Å²) in [6.07, 6.45) is 5.59. The van der Waals surface area contributed by atoms with E-state index in [9.17, 15) is 9.90 Å². The van der Waals surface area contributed by atoms with Crippen molar-refractivity contribution < 1.29 is 5.11 Å². The highest BCUT2D eigenvalue weighted by Gasteiger charge is 2.21. The summed E-state index contributed by atoms with van der Waals surface area (Å²) in [5.41, 5.74) is 0.593. The first-order valence-electron chi connectivity index (χ1n) is 7.25. The first kappa shape index (κ1) is 14.3. The number of aromatic hydroxyl groups is 1.